The Labute approximate surface area is 133 Å². The number of hydrogen-bond donors (Lipinski definition) is 5. The number of likely N-dealkylation sites (tertiary alicyclic amines) is 1. The van der Waals surface area contributed by atoms with Crippen LogP contribution in [0.2, 0.25) is 0 Å². The number of halogens is 1. The van der Waals surface area contributed by atoms with E-state index in [2.05, 4.69) is 0 Å². The topological polar surface area (TPSA) is 104 Å². The fourth-order valence-electron chi connectivity index (χ4n) is 2.75. The van der Waals surface area contributed by atoms with Gasteiger partial charge in [0, 0.05) is 12.1 Å². The molecule has 5 atom stereocenters. The van der Waals surface area contributed by atoms with Crippen molar-refractivity contribution in [2.45, 2.75) is 37.0 Å². The van der Waals surface area contributed by atoms with Gasteiger partial charge in [-0.3, -0.25) is 4.90 Å². The Hall–Kier alpha value is -1.35. The first kappa shape index (κ1) is 18.0. The van der Waals surface area contributed by atoms with Crippen LogP contribution >= 0.6 is 0 Å². The zero-order valence-electron chi connectivity index (χ0n) is 12.5. The van der Waals surface area contributed by atoms with Crippen LogP contribution in [0, 0.1) is 5.82 Å². The number of nitrogens with zero attached hydrogens (tertiary/aromatic N) is 1. The van der Waals surface area contributed by atoms with E-state index in [1.807, 2.05) is 0 Å². The quantitative estimate of drug-likeness (QED) is 0.490. The lowest BCUT2D eigenvalue weighted by molar-refractivity contribution is -0.222. The van der Waals surface area contributed by atoms with Gasteiger partial charge in [-0.1, -0.05) is 30.4 Å². The van der Waals surface area contributed by atoms with Gasteiger partial charge in [-0.05, 0) is 12.5 Å². The van der Waals surface area contributed by atoms with Crippen LogP contribution in [0.1, 0.15) is 12.0 Å². The molecule has 23 heavy (non-hydrogen) atoms. The maximum absolute atomic E-state index is 13.5. The Bertz CT molecular complexity index is 541. The summed E-state index contributed by atoms with van der Waals surface area (Å²) in [7, 11) is 0. The Morgan fingerprint density at radius 1 is 1.04 bits per heavy atom. The average Bonchev–Trinajstić information content (AvgIpc) is 2.55. The molecule has 0 amide bonds. The summed E-state index contributed by atoms with van der Waals surface area (Å²) in [4.78, 5) is 1.33. The third-order valence-corrected chi connectivity index (χ3v) is 4.11. The second kappa shape index (κ2) is 7.96. The van der Waals surface area contributed by atoms with Crippen LogP contribution in [0.4, 0.5) is 4.39 Å². The minimum Gasteiger partial charge on any atom is -0.395 e. The van der Waals surface area contributed by atoms with Crippen LogP contribution < -0.4 is 0 Å². The summed E-state index contributed by atoms with van der Waals surface area (Å²) in [5.41, 5.74) is 0.431. The zero-order chi connectivity index (χ0) is 17.0. The smallest absolute Gasteiger partial charge is 0.136 e. The molecule has 0 radical (unpaired) electrons. The lowest BCUT2D eigenvalue weighted by Crippen LogP contribution is -2.67. The van der Waals surface area contributed by atoms with E-state index in [4.69, 9.17) is 0 Å². The van der Waals surface area contributed by atoms with Crippen molar-refractivity contribution in [2.75, 3.05) is 13.2 Å². The molecule has 0 saturated carbocycles. The van der Waals surface area contributed by atoms with Crippen molar-refractivity contribution in [1.82, 2.24) is 4.90 Å². The first-order chi connectivity index (χ1) is 11.0. The first-order valence-corrected chi connectivity index (χ1v) is 7.47. The monoisotopic (exact) mass is 327 g/mol. The van der Waals surface area contributed by atoms with Crippen LogP contribution in [-0.2, 0) is 0 Å². The third kappa shape index (κ3) is 3.95. The highest BCUT2D eigenvalue weighted by molar-refractivity contribution is 5.49. The molecular formula is C16H22FNO5. The second-order valence-corrected chi connectivity index (χ2v) is 5.59. The van der Waals surface area contributed by atoms with Gasteiger partial charge in [0.15, 0.2) is 0 Å². The normalized spacial score (nSPS) is 32.5. The maximum atomic E-state index is 13.5. The van der Waals surface area contributed by atoms with Crippen LogP contribution in [-0.4, -0.2) is 74.2 Å². The Kier molecular flexibility index (Phi) is 6.23. The van der Waals surface area contributed by atoms with Gasteiger partial charge in [0.1, 0.15) is 30.4 Å². The van der Waals surface area contributed by atoms with Gasteiger partial charge >= 0.3 is 0 Å². The molecule has 2 rings (SSSR count). The van der Waals surface area contributed by atoms with E-state index in [-0.39, 0.29) is 12.4 Å². The molecule has 1 unspecified atom stereocenters. The predicted molar refractivity (Wildman–Crippen MR) is 81.7 cm³/mol. The van der Waals surface area contributed by atoms with E-state index in [0.29, 0.717) is 12.0 Å². The van der Waals surface area contributed by atoms with E-state index in [1.54, 1.807) is 30.4 Å². The lowest BCUT2D eigenvalue weighted by Gasteiger charge is -2.46. The third-order valence-electron chi connectivity index (χ3n) is 4.11. The van der Waals surface area contributed by atoms with Crippen molar-refractivity contribution in [3.8, 4) is 0 Å². The van der Waals surface area contributed by atoms with Gasteiger partial charge in [0.25, 0.3) is 0 Å². The fraction of sp³-hybridized carbons (Fsp3) is 0.500. The van der Waals surface area contributed by atoms with Crippen LogP contribution in [0.25, 0.3) is 6.08 Å². The summed E-state index contributed by atoms with van der Waals surface area (Å²) < 4.78 is 13.5. The molecule has 1 heterocycles. The highest BCUT2D eigenvalue weighted by Gasteiger charge is 2.46. The number of aliphatic hydroxyl groups excluding tert-OH is 5. The maximum Gasteiger partial charge on any atom is 0.136 e. The molecule has 1 fully saturated rings. The van der Waals surface area contributed by atoms with Gasteiger partial charge in [-0.15, -0.1) is 0 Å². The van der Waals surface area contributed by atoms with Crippen molar-refractivity contribution < 1.29 is 29.9 Å². The number of rotatable bonds is 5. The number of hydrogen-bond acceptors (Lipinski definition) is 6. The van der Waals surface area contributed by atoms with Gasteiger partial charge < -0.3 is 25.5 Å². The van der Waals surface area contributed by atoms with Crippen LogP contribution in [0.15, 0.2) is 30.3 Å². The molecule has 7 heteroatoms. The molecular weight excluding hydrogens is 305 g/mol. The highest BCUT2D eigenvalue weighted by Crippen LogP contribution is 2.23. The number of piperidine rings is 1. The lowest BCUT2D eigenvalue weighted by atomic mass is 9.92. The fourth-order valence-corrected chi connectivity index (χ4v) is 2.75. The standard InChI is InChI=1S/C16H22FNO5/c17-11-7-2-1-5-10(11)6-3-4-8-18-12(9-19)13(20)14(21)15(22)16(18)23/h1-3,5-7,12-16,19-23H,4,8-9H2/b6-3+/t12-,13-,14+,15-,16?/m1/s1. The Morgan fingerprint density at radius 2 is 1.74 bits per heavy atom. The second-order valence-electron chi connectivity index (χ2n) is 5.59. The largest absolute Gasteiger partial charge is 0.395 e. The summed E-state index contributed by atoms with van der Waals surface area (Å²) in [6, 6.07) is 5.40. The van der Waals surface area contributed by atoms with Crippen molar-refractivity contribution in [3.05, 3.63) is 41.7 Å². The summed E-state index contributed by atoms with van der Waals surface area (Å²) >= 11 is 0. The summed E-state index contributed by atoms with van der Waals surface area (Å²) in [6.07, 6.45) is -2.11. The van der Waals surface area contributed by atoms with E-state index >= 15 is 0 Å². The summed E-state index contributed by atoms with van der Waals surface area (Å²) in [5, 5.41) is 48.6. The average molecular weight is 327 g/mol. The summed E-state index contributed by atoms with van der Waals surface area (Å²) in [5.74, 6) is -0.344. The Balaban J connectivity index is 1.99. The van der Waals surface area contributed by atoms with Gasteiger partial charge in [0.05, 0.1) is 12.6 Å². The minimum atomic E-state index is -1.52. The van der Waals surface area contributed by atoms with E-state index in [0.717, 1.165) is 0 Å². The van der Waals surface area contributed by atoms with Crippen LogP contribution in [0.3, 0.4) is 0 Å². The molecule has 0 bridgehead atoms. The highest BCUT2D eigenvalue weighted by atomic mass is 19.1. The van der Waals surface area contributed by atoms with Gasteiger partial charge in [-0.2, -0.15) is 0 Å². The molecule has 6 nitrogen and oxygen atoms in total. The molecule has 1 aromatic rings. The summed E-state index contributed by atoms with van der Waals surface area (Å²) in [6.45, 7) is -0.253. The van der Waals surface area contributed by atoms with E-state index in [9.17, 15) is 29.9 Å². The molecule has 0 aliphatic carbocycles. The number of aliphatic hydroxyl groups is 5. The molecule has 0 aromatic heterocycles. The zero-order valence-corrected chi connectivity index (χ0v) is 12.5. The Morgan fingerprint density at radius 3 is 2.39 bits per heavy atom. The number of benzene rings is 1. The van der Waals surface area contributed by atoms with Crippen molar-refractivity contribution >= 4 is 6.08 Å². The molecule has 128 valence electrons. The SMILES string of the molecule is OC[C@@H]1[C@@H](O)[C@H](O)[C@@H](O)C(O)N1CC/C=C/c1ccccc1F. The molecule has 1 aliphatic rings. The minimum absolute atomic E-state index is 0.220. The molecule has 1 aliphatic heterocycles. The van der Waals surface area contributed by atoms with Gasteiger partial charge in [0.2, 0.25) is 0 Å². The molecule has 1 aromatic carbocycles. The van der Waals surface area contributed by atoms with Crippen molar-refractivity contribution in [1.29, 1.82) is 0 Å². The molecule has 1 saturated heterocycles. The predicted octanol–water partition coefficient (Wildman–Crippen LogP) is -0.693. The first-order valence-electron chi connectivity index (χ1n) is 7.47. The van der Waals surface area contributed by atoms with Gasteiger partial charge in [-0.25, -0.2) is 4.39 Å². The van der Waals surface area contributed by atoms with Crippen LogP contribution in [0.5, 0.6) is 0 Å². The van der Waals surface area contributed by atoms with Crippen molar-refractivity contribution in [2.24, 2.45) is 0 Å². The molecule has 5 N–H and O–H groups in total. The molecule has 0 spiro atoms. The van der Waals surface area contributed by atoms with E-state index < -0.39 is 37.2 Å². The van der Waals surface area contributed by atoms with E-state index in [1.165, 1.54) is 11.0 Å². The van der Waals surface area contributed by atoms with Crippen molar-refractivity contribution in [3.63, 3.8) is 0 Å².